The third kappa shape index (κ3) is 2.43. The van der Waals surface area contributed by atoms with Gasteiger partial charge < -0.3 is 9.64 Å². The second-order valence-corrected chi connectivity index (χ2v) is 4.40. The van der Waals surface area contributed by atoms with Gasteiger partial charge in [0, 0.05) is 6.54 Å². The maximum Gasteiger partial charge on any atom is 0.267 e. The van der Waals surface area contributed by atoms with Crippen LogP contribution in [0.5, 0.6) is 0 Å². The van der Waals surface area contributed by atoms with Crippen LogP contribution in [0.1, 0.15) is 22.3 Å². The van der Waals surface area contributed by atoms with E-state index in [9.17, 15) is 4.79 Å². The van der Waals surface area contributed by atoms with E-state index in [0.29, 0.717) is 31.0 Å². The van der Waals surface area contributed by atoms with E-state index in [1.54, 1.807) is 4.90 Å². The second-order valence-electron chi connectivity index (χ2n) is 3.64. The molecule has 1 unspecified atom stereocenters. The van der Waals surface area contributed by atoms with Crippen LogP contribution in [0.4, 0.5) is 0 Å². The largest absolute Gasteiger partial charge is 0.360 e. The number of hydrogen-bond donors (Lipinski definition) is 0. The predicted molar refractivity (Wildman–Crippen MR) is 60.5 cm³/mol. The van der Waals surface area contributed by atoms with Crippen LogP contribution >= 0.6 is 11.5 Å². The van der Waals surface area contributed by atoms with Crippen LogP contribution in [0.25, 0.3) is 0 Å². The maximum atomic E-state index is 12.2. The molecule has 1 aromatic heterocycles. The summed E-state index contributed by atoms with van der Waals surface area (Å²) in [4.78, 5) is 14.4. The Balaban J connectivity index is 2.12. The summed E-state index contributed by atoms with van der Waals surface area (Å²) in [6.07, 6.45) is 0.155. The Hall–Kier alpha value is -1.52. The van der Waals surface area contributed by atoms with Gasteiger partial charge in [0.2, 0.25) is 0 Å². The highest BCUT2D eigenvalue weighted by Crippen LogP contribution is 2.16. The smallest absolute Gasteiger partial charge is 0.267 e. The first-order valence-corrected chi connectivity index (χ1v) is 6.15. The molecular formula is C10H12N4O2S. The van der Waals surface area contributed by atoms with Crippen LogP contribution in [-0.2, 0) is 11.2 Å². The van der Waals surface area contributed by atoms with Crippen LogP contribution in [0.15, 0.2) is 0 Å². The lowest BCUT2D eigenvalue weighted by molar-refractivity contribution is 0.00363. The highest BCUT2D eigenvalue weighted by molar-refractivity contribution is 7.08. The van der Waals surface area contributed by atoms with Crippen molar-refractivity contribution in [3.63, 3.8) is 0 Å². The van der Waals surface area contributed by atoms with Gasteiger partial charge in [0.25, 0.3) is 5.91 Å². The van der Waals surface area contributed by atoms with Crippen LogP contribution in [-0.4, -0.2) is 46.2 Å². The third-order valence-electron chi connectivity index (χ3n) is 2.58. The molecule has 0 N–H and O–H groups in total. The van der Waals surface area contributed by atoms with Gasteiger partial charge in [-0.3, -0.25) is 4.79 Å². The molecule has 0 radical (unpaired) electrons. The number of aryl methyl sites for hydroxylation is 1. The van der Waals surface area contributed by atoms with Crippen molar-refractivity contribution in [2.24, 2.45) is 0 Å². The summed E-state index contributed by atoms with van der Waals surface area (Å²) in [7, 11) is 0. The number of carbonyl (C=O) groups excluding carboxylic acids is 1. The van der Waals surface area contributed by atoms with Crippen LogP contribution in [0.3, 0.4) is 0 Å². The second kappa shape index (κ2) is 5.21. The number of rotatable bonds is 2. The highest BCUT2D eigenvalue weighted by atomic mass is 32.1. The average Bonchev–Trinajstić information content (AvgIpc) is 2.86. The molecule has 0 saturated carbocycles. The molecule has 1 aromatic rings. The zero-order valence-electron chi connectivity index (χ0n) is 9.42. The van der Waals surface area contributed by atoms with Crippen molar-refractivity contribution in [2.45, 2.75) is 19.4 Å². The minimum atomic E-state index is -0.529. The molecule has 1 fully saturated rings. The molecule has 6 nitrogen and oxygen atoms in total. The fourth-order valence-electron chi connectivity index (χ4n) is 1.66. The summed E-state index contributed by atoms with van der Waals surface area (Å²) < 4.78 is 8.99. The van der Waals surface area contributed by atoms with E-state index in [4.69, 9.17) is 10.00 Å². The third-order valence-corrected chi connectivity index (χ3v) is 3.34. The van der Waals surface area contributed by atoms with Crippen molar-refractivity contribution < 1.29 is 9.53 Å². The minimum Gasteiger partial charge on any atom is -0.360 e. The maximum absolute atomic E-state index is 12.2. The molecule has 1 saturated heterocycles. The number of morpholine rings is 1. The number of nitrogens with zero attached hydrogens (tertiary/aromatic N) is 4. The van der Waals surface area contributed by atoms with E-state index in [-0.39, 0.29) is 5.91 Å². The monoisotopic (exact) mass is 252 g/mol. The van der Waals surface area contributed by atoms with Gasteiger partial charge >= 0.3 is 0 Å². The fourth-order valence-corrected chi connectivity index (χ4v) is 2.38. The van der Waals surface area contributed by atoms with Crippen LogP contribution in [0.2, 0.25) is 0 Å². The fraction of sp³-hybridized carbons (Fsp3) is 0.600. The van der Waals surface area contributed by atoms with E-state index < -0.39 is 6.10 Å². The summed E-state index contributed by atoms with van der Waals surface area (Å²) in [5.74, 6) is -0.0969. The molecule has 1 aliphatic heterocycles. The van der Waals surface area contributed by atoms with E-state index in [2.05, 4.69) is 9.59 Å². The van der Waals surface area contributed by atoms with Crippen LogP contribution in [0, 0.1) is 11.3 Å². The number of ether oxygens (including phenoxy) is 1. The first-order chi connectivity index (χ1) is 8.26. The Morgan fingerprint density at radius 3 is 3.29 bits per heavy atom. The highest BCUT2D eigenvalue weighted by Gasteiger charge is 2.27. The van der Waals surface area contributed by atoms with Gasteiger partial charge in [-0.25, -0.2) is 0 Å². The zero-order chi connectivity index (χ0) is 12.3. The quantitative estimate of drug-likeness (QED) is 0.764. The van der Waals surface area contributed by atoms with Gasteiger partial charge in [-0.2, -0.15) is 5.26 Å². The van der Waals surface area contributed by atoms with Gasteiger partial charge in [-0.15, -0.1) is 5.10 Å². The SMILES string of the molecule is CCc1nnsc1C(=O)N1CCOC(C#N)C1. The summed E-state index contributed by atoms with van der Waals surface area (Å²) in [5, 5.41) is 12.7. The van der Waals surface area contributed by atoms with Crippen LogP contribution < -0.4 is 0 Å². The van der Waals surface area contributed by atoms with Gasteiger partial charge in [0.1, 0.15) is 4.88 Å². The van der Waals surface area contributed by atoms with E-state index in [1.165, 1.54) is 0 Å². The van der Waals surface area contributed by atoms with Crippen molar-refractivity contribution in [1.82, 2.24) is 14.5 Å². The molecule has 90 valence electrons. The Kier molecular flexibility index (Phi) is 3.66. The molecular weight excluding hydrogens is 240 g/mol. The Bertz CT molecular complexity index is 453. The Labute approximate surface area is 103 Å². The molecule has 17 heavy (non-hydrogen) atoms. The molecule has 1 amide bonds. The summed E-state index contributed by atoms with van der Waals surface area (Å²) in [6, 6.07) is 2.02. The van der Waals surface area contributed by atoms with Crippen molar-refractivity contribution in [1.29, 1.82) is 5.26 Å². The lowest BCUT2D eigenvalue weighted by Gasteiger charge is -2.29. The molecule has 7 heteroatoms. The number of nitriles is 1. The topological polar surface area (TPSA) is 79.1 Å². The summed E-state index contributed by atoms with van der Waals surface area (Å²) >= 11 is 1.11. The number of aromatic nitrogens is 2. The predicted octanol–water partition coefficient (Wildman–Crippen LogP) is 0.465. The summed E-state index contributed by atoms with van der Waals surface area (Å²) in [5.41, 5.74) is 0.722. The van der Waals surface area contributed by atoms with Gasteiger partial charge in [0.15, 0.2) is 6.10 Å². The standard InChI is InChI=1S/C10H12N4O2S/c1-2-8-9(17-13-12-8)10(15)14-3-4-16-7(5-11)6-14/h7H,2-4,6H2,1H3. The Morgan fingerprint density at radius 2 is 2.59 bits per heavy atom. The zero-order valence-corrected chi connectivity index (χ0v) is 10.2. The molecule has 2 heterocycles. The molecule has 0 aliphatic carbocycles. The molecule has 1 aliphatic rings. The van der Waals surface area contributed by atoms with Gasteiger partial charge in [0.05, 0.1) is 24.9 Å². The van der Waals surface area contributed by atoms with Crippen molar-refractivity contribution >= 4 is 17.4 Å². The van der Waals surface area contributed by atoms with Crippen molar-refractivity contribution in [3.8, 4) is 6.07 Å². The number of amides is 1. The normalized spacial score (nSPS) is 20.0. The first-order valence-electron chi connectivity index (χ1n) is 5.38. The molecule has 0 aromatic carbocycles. The van der Waals surface area contributed by atoms with Gasteiger partial charge in [-0.05, 0) is 18.0 Å². The minimum absolute atomic E-state index is 0.0969. The van der Waals surface area contributed by atoms with E-state index in [1.807, 2.05) is 13.0 Å². The van der Waals surface area contributed by atoms with E-state index in [0.717, 1.165) is 17.2 Å². The summed E-state index contributed by atoms with van der Waals surface area (Å²) in [6.45, 7) is 3.16. The first kappa shape index (κ1) is 12.0. The van der Waals surface area contributed by atoms with Crippen molar-refractivity contribution in [2.75, 3.05) is 19.7 Å². The lowest BCUT2D eigenvalue weighted by atomic mass is 10.2. The number of hydrogen-bond acceptors (Lipinski definition) is 6. The molecule has 1 atom stereocenters. The lowest BCUT2D eigenvalue weighted by Crippen LogP contribution is -2.45. The number of carbonyl (C=O) groups is 1. The van der Waals surface area contributed by atoms with Gasteiger partial charge in [-0.1, -0.05) is 11.4 Å². The average molecular weight is 252 g/mol. The molecule has 0 spiro atoms. The molecule has 2 rings (SSSR count). The Morgan fingerprint density at radius 1 is 1.76 bits per heavy atom. The van der Waals surface area contributed by atoms with Crippen molar-refractivity contribution in [3.05, 3.63) is 10.6 Å². The van der Waals surface area contributed by atoms with E-state index >= 15 is 0 Å². The molecule has 0 bridgehead atoms.